The number of carbonyl (C=O) groups excluding carboxylic acids is 1. The molecule has 19 nitrogen and oxygen atoms in total. The van der Waals surface area contributed by atoms with E-state index >= 15 is 0 Å². The van der Waals surface area contributed by atoms with E-state index in [1.165, 1.54) is 12.5 Å². The fourth-order valence-corrected chi connectivity index (χ4v) is 16.7. The minimum atomic E-state index is -1.75. The van der Waals surface area contributed by atoms with Crippen molar-refractivity contribution in [3.63, 3.8) is 0 Å². The van der Waals surface area contributed by atoms with E-state index in [1.54, 1.807) is 4.68 Å². The number of aliphatic hydroxyl groups excluding tert-OH is 8. The first kappa shape index (κ1) is 56.8. The number of aromatic nitrogens is 3. The molecule has 9 N–H and O–H groups in total. The third-order valence-corrected chi connectivity index (χ3v) is 21.5. The fourth-order valence-electron chi connectivity index (χ4n) is 16.3. The molecule has 1 aromatic carbocycles. The minimum Gasteiger partial charge on any atom is -0.394 e. The SMILES string of the molecule is C[C@@H]1O[C@@H](O[C@H]2[C@H](O[C@H]3CC[C@]4(C)[C@H]5CC=C6[C@@H]7CC(C)(C)CC[C@]7(C(=O)NCc7cn(-c8cccc(Br)c8)nn7)CC[C@@]6(C)[C@]5(C)CC[C@H]4C3(C)C)OC[C@H](O[C@@H]3O[C@H](CO)[C@@H](O)[C@H](O)[C@H]3O)[C@@H]2O)[C@H](O)[C@H](O)[C@H]1O. The highest BCUT2D eigenvalue weighted by Crippen LogP contribution is 2.76. The van der Waals surface area contributed by atoms with Crippen LogP contribution >= 0.6 is 15.9 Å². The number of nitrogens with one attached hydrogen (secondary N) is 1. The molecule has 1 amide bonds. The van der Waals surface area contributed by atoms with Crippen LogP contribution in [0.5, 0.6) is 0 Å². The van der Waals surface area contributed by atoms with E-state index in [-0.39, 0.29) is 46.0 Å². The van der Waals surface area contributed by atoms with Crippen molar-refractivity contribution >= 4 is 21.8 Å². The maximum absolute atomic E-state index is 14.9. The van der Waals surface area contributed by atoms with Crippen molar-refractivity contribution in [3.05, 3.63) is 52.3 Å². The van der Waals surface area contributed by atoms with Crippen molar-refractivity contribution in [3.8, 4) is 5.69 Å². The van der Waals surface area contributed by atoms with E-state index in [1.807, 2.05) is 30.5 Å². The van der Waals surface area contributed by atoms with Gasteiger partial charge in [-0.25, -0.2) is 4.68 Å². The van der Waals surface area contributed by atoms with Gasteiger partial charge >= 0.3 is 0 Å². The zero-order valence-electron chi connectivity index (χ0n) is 45.2. The van der Waals surface area contributed by atoms with E-state index < -0.39 is 110 Å². The van der Waals surface area contributed by atoms with E-state index in [0.29, 0.717) is 24.6 Å². The Morgan fingerprint density at radius 2 is 1.51 bits per heavy atom. The molecule has 3 saturated heterocycles. The largest absolute Gasteiger partial charge is 0.394 e. The topological polar surface area (TPSA) is 277 Å². The summed E-state index contributed by atoms with van der Waals surface area (Å²) in [5.41, 5.74) is 1.91. The van der Waals surface area contributed by atoms with Gasteiger partial charge in [0.2, 0.25) is 5.91 Å². The Hall–Kier alpha value is -2.51. The lowest BCUT2D eigenvalue weighted by molar-refractivity contribution is -0.380. The van der Waals surface area contributed by atoms with Crippen molar-refractivity contribution in [2.75, 3.05) is 13.2 Å². The van der Waals surface area contributed by atoms with Crippen molar-refractivity contribution in [2.45, 2.75) is 218 Å². The second kappa shape index (κ2) is 20.8. The second-order valence-electron chi connectivity index (χ2n) is 26.0. The van der Waals surface area contributed by atoms with Gasteiger partial charge in [-0.2, -0.15) is 0 Å². The van der Waals surface area contributed by atoms with Gasteiger partial charge in [-0.3, -0.25) is 4.79 Å². The number of ether oxygens (including phenoxy) is 6. The zero-order chi connectivity index (χ0) is 54.7. The third-order valence-electron chi connectivity index (χ3n) is 21.0. The lowest BCUT2D eigenvalue weighted by Crippen LogP contribution is -2.66. The Bertz CT molecular complexity index is 2460. The van der Waals surface area contributed by atoms with Crippen molar-refractivity contribution < 1.29 is 74.1 Å². The van der Waals surface area contributed by atoms with Crippen molar-refractivity contribution in [2.24, 2.45) is 50.2 Å². The van der Waals surface area contributed by atoms with Gasteiger partial charge in [0.1, 0.15) is 66.7 Å². The molecule has 76 heavy (non-hydrogen) atoms. The highest BCUT2D eigenvalue weighted by Gasteiger charge is 2.70. The average molecular weight is 1130 g/mol. The van der Waals surface area contributed by atoms with Crippen LogP contribution in [0, 0.1) is 50.2 Å². The van der Waals surface area contributed by atoms with Gasteiger partial charge in [0.05, 0.1) is 49.3 Å². The van der Waals surface area contributed by atoms with E-state index in [9.17, 15) is 45.6 Å². The Balaban J connectivity index is 0.872. The van der Waals surface area contributed by atoms with Crippen molar-refractivity contribution in [1.82, 2.24) is 20.3 Å². The number of fused-ring (bicyclic) bond motifs is 7. The van der Waals surface area contributed by atoms with Gasteiger partial charge < -0.3 is 74.6 Å². The Morgan fingerprint density at radius 1 is 0.803 bits per heavy atom. The highest BCUT2D eigenvalue weighted by atomic mass is 79.9. The molecule has 7 fully saturated rings. The first-order chi connectivity index (χ1) is 35.8. The van der Waals surface area contributed by atoms with Crippen LogP contribution in [0.4, 0.5) is 0 Å². The lowest BCUT2D eigenvalue weighted by Gasteiger charge is -2.71. The van der Waals surface area contributed by atoms with Gasteiger partial charge in [0, 0.05) is 4.47 Å². The van der Waals surface area contributed by atoms with Crippen LogP contribution in [-0.4, -0.2) is 167 Å². The summed E-state index contributed by atoms with van der Waals surface area (Å²) >= 11 is 3.54. The van der Waals surface area contributed by atoms with Crippen LogP contribution in [0.1, 0.15) is 125 Å². The van der Waals surface area contributed by atoms with Crippen LogP contribution in [0.3, 0.4) is 0 Å². The van der Waals surface area contributed by atoms with E-state index in [4.69, 9.17) is 28.4 Å². The molecule has 22 atom stereocenters. The molecule has 8 aliphatic rings. The molecule has 0 bridgehead atoms. The fraction of sp³-hybridized carbons (Fsp3) is 0.804. The Kier molecular flexibility index (Phi) is 15.5. The second-order valence-corrected chi connectivity index (χ2v) is 26.9. The molecule has 5 aliphatic carbocycles. The standard InChI is InChI=1S/C56H83BrN4O15/c1-28-39(63)42(66)44(68)47(72-28)76-46-41(65)35(74-48-45(69)43(67)40(64)34(26-62)73-48)27-71-49(46)75-38-15-16-53(6)36(52(38,4)5)14-17-55(8)37(53)13-12-32-33-23-51(2,3)18-20-56(33,21-19-54(32,55)7)50(70)58-24-30-25-61(60-59-30)31-11-9-10-29(57)22-31/h9-12,22,25,28,33-49,62-69H,13-21,23-24,26-27H2,1-8H3,(H,58,70)/t28-,33-,34+,35-,36-,37+,38-,39-,40+,41-,42+,43-,44+,45+,46+,47-,48-,49-,53-,54+,55+,56-/m0/s1. The summed E-state index contributed by atoms with van der Waals surface area (Å²) < 4.78 is 39.7. The summed E-state index contributed by atoms with van der Waals surface area (Å²) in [6, 6.07) is 7.86. The number of halogens is 1. The molecule has 424 valence electrons. The van der Waals surface area contributed by atoms with Gasteiger partial charge in [-0.05, 0) is 134 Å². The molecule has 4 saturated carbocycles. The number of allylic oxidation sites excluding steroid dienone is 2. The summed E-state index contributed by atoms with van der Waals surface area (Å²) in [6.45, 7) is 17.6. The molecule has 0 unspecified atom stereocenters. The highest BCUT2D eigenvalue weighted by molar-refractivity contribution is 9.10. The summed E-state index contributed by atoms with van der Waals surface area (Å²) in [6.07, 6.45) is -7.80. The third kappa shape index (κ3) is 9.49. The normalized spacial score (nSPS) is 46.8. The van der Waals surface area contributed by atoms with E-state index in [2.05, 4.69) is 86.1 Å². The zero-order valence-corrected chi connectivity index (χ0v) is 46.8. The predicted molar refractivity (Wildman–Crippen MR) is 276 cm³/mol. The number of nitrogens with zero attached hydrogens (tertiary/aromatic N) is 3. The van der Waals surface area contributed by atoms with Crippen LogP contribution in [0.2, 0.25) is 0 Å². The van der Waals surface area contributed by atoms with Crippen molar-refractivity contribution in [1.29, 1.82) is 0 Å². The van der Waals surface area contributed by atoms with Gasteiger partial charge in [-0.15, -0.1) is 5.10 Å². The molecular weight excluding hydrogens is 1050 g/mol. The van der Waals surface area contributed by atoms with Crippen LogP contribution in [0.25, 0.3) is 5.69 Å². The maximum Gasteiger partial charge on any atom is 0.227 e. The maximum atomic E-state index is 14.9. The number of benzene rings is 1. The molecule has 10 rings (SSSR count). The summed E-state index contributed by atoms with van der Waals surface area (Å²) in [5.74, 6) is 0.783. The molecule has 0 spiro atoms. The van der Waals surface area contributed by atoms with Gasteiger partial charge in [-0.1, -0.05) is 87.3 Å². The summed E-state index contributed by atoms with van der Waals surface area (Å²) in [4.78, 5) is 14.9. The average Bonchev–Trinajstić information content (AvgIpc) is 3.92. The summed E-state index contributed by atoms with van der Waals surface area (Å²) in [7, 11) is 0. The molecule has 1 aromatic heterocycles. The number of aliphatic hydroxyl groups is 8. The minimum absolute atomic E-state index is 0.0527. The van der Waals surface area contributed by atoms with E-state index in [0.717, 1.165) is 67.9 Å². The number of carbonyl (C=O) groups is 1. The molecule has 0 radical (unpaired) electrons. The smallest absolute Gasteiger partial charge is 0.227 e. The van der Waals surface area contributed by atoms with Crippen LogP contribution in [-0.2, 0) is 39.8 Å². The van der Waals surface area contributed by atoms with Crippen LogP contribution < -0.4 is 5.32 Å². The number of hydrogen-bond acceptors (Lipinski definition) is 17. The summed E-state index contributed by atoms with van der Waals surface area (Å²) in [5, 5.41) is 98.0. The Labute approximate surface area is 454 Å². The lowest BCUT2D eigenvalue weighted by atomic mass is 9.33. The molecular formula is C56H83BrN4O15. The van der Waals surface area contributed by atoms with Crippen LogP contribution in [0.15, 0.2) is 46.6 Å². The monoisotopic (exact) mass is 1130 g/mol. The Morgan fingerprint density at radius 3 is 2.24 bits per heavy atom. The molecule has 2 aromatic rings. The predicted octanol–water partition coefficient (Wildman–Crippen LogP) is 3.95. The number of amides is 1. The first-order valence-electron chi connectivity index (χ1n) is 27.7. The van der Waals surface area contributed by atoms with Gasteiger partial charge in [0.25, 0.3) is 0 Å². The number of rotatable bonds is 11. The molecule has 4 heterocycles. The molecule has 20 heteroatoms. The number of hydrogen-bond donors (Lipinski definition) is 9. The first-order valence-corrected chi connectivity index (χ1v) is 28.5. The quantitative estimate of drug-likeness (QED) is 0.114. The van der Waals surface area contributed by atoms with Gasteiger partial charge in [0.15, 0.2) is 18.9 Å². The molecule has 3 aliphatic heterocycles.